The maximum atomic E-state index is 11.9. The first-order valence-electron chi connectivity index (χ1n) is 6.97. The van der Waals surface area contributed by atoms with Crippen molar-refractivity contribution in [3.63, 3.8) is 0 Å². The van der Waals surface area contributed by atoms with E-state index in [2.05, 4.69) is 26.1 Å². The highest BCUT2D eigenvalue weighted by atomic mass is 16.6. The highest BCUT2D eigenvalue weighted by molar-refractivity contribution is 5.84. The minimum Gasteiger partial charge on any atom is -0.446 e. The number of para-hydroxylation sites is 1. The Kier molecular flexibility index (Phi) is 4.13. The number of benzene rings is 1. The lowest BCUT2D eigenvalue weighted by molar-refractivity contribution is 0.0250. The van der Waals surface area contributed by atoms with Crippen LogP contribution in [0.1, 0.15) is 40.0 Å². The molecular weight excluding hydrogens is 238 g/mol. The second-order valence-corrected chi connectivity index (χ2v) is 6.43. The van der Waals surface area contributed by atoms with Crippen LogP contribution in [0.2, 0.25) is 0 Å². The van der Waals surface area contributed by atoms with Gasteiger partial charge in [-0.3, -0.25) is 5.32 Å². The van der Waals surface area contributed by atoms with E-state index < -0.39 is 0 Å². The summed E-state index contributed by atoms with van der Waals surface area (Å²) in [5, 5.41) is 2.77. The number of hydrogen-bond acceptors (Lipinski definition) is 2. The number of carbonyl (C=O) groups excluding carboxylic acids is 1. The molecule has 0 aliphatic heterocycles. The van der Waals surface area contributed by atoms with Crippen molar-refractivity contribution in [3.8, 4) is 0 Å². The Morgan fingerprint density at radius 2 is 1.95 bits per heavy atom. The van der Waals surface area contributed by atoms with Gasteiger partial charge in [-0.1, -0.05) is 39.0 Å². The van der Waals surface area contributed by atoms with E-state index in [1.807, 2.05) is 30.3 Å². The Hall–Kier alpha value is -1.51. The largest absolute Gasteiger partial charge is 0.446 e. The van der Waals surface area contributed by atoms with E-state index >= 15 is 0 Å². The maximum Gasteiger partial charge on any atom is 0.411 e. The van der Waals surface area contributed by atoms with E-state index in [0.29, 0.717) is 5.92 Å². The second-order valence-electron chi connectivity index (χ2n) is 6.43. The van der Waals surface area contributed by atoms with Gasteiger partial charge in [-0.25, -0.2) is 4.79 Å². The lowest BCUT2D eigenvalue weighted by Gasteiger charge is -2.38. The molecule has 1 aromatic carbocycles. The van der Waals surface area contributed by atoms with Crippen LogP contribution in [0.25, 0.3) is 0 Å². The van der Waals surface area contributed by atoms with E-state index in [1.54, 1.807) is 0 Å². The Morgan fingerprint density at radius 3 is 2.58 bits per heavy atom. The average Bonchev–Trinajstić information content (AvgIpc) is 2.26. The Morgan fingerprint density at radius 1 is 1.26 bits per heavy atom. The number of amides is 1. The Balaban J connectivity index is 1.88. The fraction of sp³-hybridized carbons (Fsp3) is 0.562. The van der Waals surface area contributed by atoms with Gasteiger partial charge in [0.2, 0.25) is 0 Å². The molecule has 1 amide bonds. The highest BCUT2D eigenvalue weighted by Gasteiger charge is 2.33. The molecule has 1 aliphatic rings. The van der Waals surface area contributed by atoms with Crippen LogP contribution < -0.4 is 5.32 Å². The molecule has 1 aliphatic carbocycles. The fourth-order valence-corrected chi connectivity index (χ4v) is 3.17. The molecule has 1 aromatic rings. The van der Waals surface area contributed by atoms with Crippen molar-refractivity contribution in [2.75, 3.05) is 5.32 Å². The van der Waals surface area contributed by atoms with E-state index in [1.165, 1.54) is 6.42 Å². The van der Waals surface area contributed by atoms with E-state index in [4.69, 9.17) is 4.74 Å². The molecule has 3 nitrogen and oxygen atoms in total. The van der Waals surface area contributed by atoms with Crippen molar-refractivity contribution >= 4 is 11.8 Å². The zero-order valence-electron chi connectivity index (χ0n) is 12.0. The summed E-state index contributed by atoms with van der Waals surface area (Å²) >= 11 is 0. The van der Waals surface area contributed by atoms with Crippen LogP contribution in [0.4, 0.5) is 10.5 Å². The number of ether oxygens (including phenoxy) is 1. The van der Waals surface area contributed by atoms with Gasteiger partial charge in [0.15, 0.2) is 0 Å². The summed E-state index contributed by atoms with van der Waals surface area (Å²) in [6.45, 7) is 6.72. The molecule has 3 heteroatoms. The summed E-state index contributed by atoms with van der Waals surface area (Å²) in [6, 6.07) is 9.41. The van der Waals surface area contributed by atoms with Crippen molar-refractivity contribution in [1.29, 1.82) is 0 Å². The third-order valence-electron chi connectivity index (χ3n) is 3.64. The van der Waals surface area contributed by atoms with Crippen LogP contribution >= 0.6 is 0 Å². The molecule has 2 atom stereocenters. The van der Waals surface area contributed by atoms with Crippen molar-refractivity contribution in [1.82, 2.24) is 0 Å². The molecule has 2 unspecified atom stereocenters. The van der Waals surface area contributed by atoms with Gasteiger partial charge in [-0.2, -0.15) is 0 Å². The average molecular weight is 261 g/mol. The number of rotatable bonds is 2. The minimum atomic E-state index is -0.346. The lowest BCUT2D eigenvalue weighted by Crippen LogP contribution is -2.34. The molecule has 0 saturated heterocycles. The van der Waals surface area contributed by atoms with E-state index in [-0.39, 0.29) is 17.6 Å². The van der Waals surface area contributed by atoms with Gasteiger partial charge in [0, 0.05) is 5.69 Å². The van der Waals surface area contributed by atoms with Gasteiger partial charge >= 0.3 is 6.09 Å². The van der Waals surface area contributed by atoms with Crippen LogP contribution in [0.15, 0.2) is 30.3 Å². The highest BCUT2D eigenvalue weighted by Crippen LogP contribution is 2.39. The first-order valence-corrected chi connectivity index (χ1v) is 6.97. The molecule has 0 radical (unpaired) electrons. The first-order chi connectivity index (χ1) is 8.94. The van der Waals surface area contributed by atoms with Crippen molar-refractivity contribution in [3.05, 3.63) is 30.3 Å². The molecule has 0 aromatic heterocycles. The minimum absolute atomic E-state index is 0.0301. The zero-order valence-corrected chi connectivity index (χ0v) is 12.0. The lowest BCUT2D eigenvalue weighted by atomic mass is 9.71. The van der Waals surface area contributed by atoms with Crippen LogP contribution in [0.3, 0.4) is 0 Å². The first kappa shape index (κ1) is 13.9. The van der Waals surface area contributed by atoms with Gasteiger partial charge in [-0.15, -0.1) is 0 Å². The molecule has 0 bridgehead atoms. The number of anilines is 1. The van der Waals surface area contributed by atoms with Crippen LogP contribution in [-0.2, 0) is 4.74 Å². The van der Waals surface area contributed by atoms with Crippen LogP contribution in [-0.4, -0.2) is 12.2 Å². The third kappa shape index (κ3) is 4.27. The third-order valence-corrected chi connectivity index (χ3v) is 3.64. The quantitative estimate of drug-likeness (QED) is 0.854. The SMILES string of the molecule is CC1CC(OC(=O)Nc2ccccc2)CC(C)(C)C1. The molecule has 1 N–H and O–H groups in total. The summed E-state index contributed by atoms with van der Waals surface area (Å²) in [7, 11) is 0. The van der Waals surface area contributed by atoms with Gasteiger partial charge in [0.1, 0.15) is 6.10 Å². The molecule has 1 saturated carbocycles. The smallest absolute Gasteiger partial charge is 0.411 e. The number of carbonyl (C=O) groups is 1. The molecule has 19 heavy (non-hydrogen) atoms. The summed E-state index contributed by atoms with van der Waals surface area (Å²) in [5.41, 5.74) is 1.03. The topological polar surface area (TPSA) is 38.3 Å². The normalized spacial score (nSPS) is 25.6. The van der Waals surface area contributed by atoms with Crippen LogP contribution in [0.5, 0.6) is 0 Å². The molecular formula is C16H23NO2. The summed E-state index contributed by atoms with van der Waals surface area (Å²) in [4.78, 5) is 11.9. The molecule has 104 valence electrons. The standard InChI is InChI=1S/C16H23NO2/c1-12-9-14(11-16(2,3)10-12)19-15(18)17-13-7-5-4-6-8-13/h4-8,12,14H,9-11H2,1-3H3,(H,17,18). The van der Waals surface area contributed by atoms with Gasteiger partial charge in [0.25, 0.3) is 0 Å². The molecule has 2 rings (SSSR count). The number of nitrogens with one attached hydrogen (secondary N) is 1. The van der Waals surface area contributed by atoms with Gasteiger partial charge < -0.3 is 4.74 Å². The van der Waals surface area contributed by atoms with Crippen molar-refractivity contribution < 1.29 is 9.53 Å². The van der Waals surface area contributed by atoms with Gasteiger partial charge in [-0.05, 0) is 42.7 Å². The zero-order chi connectivity index (χ0) is 13.9. The summed E-state index contributed by atoms with van der Waals surface area (Å²) in [6.07, 6.45) is 2.79. The predicted molar refractivity (Wildman–Crippen MR) is 77.1 cm³/mol. The summed E-state index contributed by atoms with van der Waals surface area (Å²) in [5.74, 6) is 0.610. The predicted octanol–water partition coefficient (Wildman–Crippen LogP) is 4.45. The number of hydrogen-bond donors (Lipinski definition) is 1. The Labute approximate surface area is 115 Å². The van der Waals surface area contributed by atoms with Crippen molar-refractivity contribution in [2.45, 2.75) is 46.1 Å². The van der Waals surface area contributed by atoms with E-state index in [9.17, 15) is 4.79 Å². The van der Waals surface area contributed by atoms with Crippen LogP contribution in [0, 0.1) is 11.3 Å². The maximum absolute atomic E-state index is 11.9. The van der Waals surface area contributed by atoms with Crippen molar-refractivity contribution in [2.24, 2.45) is 11.3 Å². The molecule has 1 fully saturated rings. The van der Waals surface area contributed by atoms with E-state index in [0.717, 1.165) is 18.5 Å². The Bertz CT molecular complexity index is 428. The second kappa shape index (κ2) is 5.64. The fourth-order valence-electron chi connectivity index (χ4n) is 3.17. The van der Waals surface area contributed by atoms with Gasteiger partial charge in [0.05, 0.1) is 0 Å². The molecule has 0 spiro atoms. The molecule has 0 heterocycles. The monoisotopic (exact) mass is 261 g/mol. The summed E-state index contributed by atoms with van der Waals surface area (Å²) < 4.78 is 5.55.